The molecule has 1 aliphatic rings. The van der Waals surface area contributed by atoms with Gasteiger partial charge in [0.15, 0.2) is 6.61 Å². The zero-order chi connectivity index (χ0) is 14.4. The molecule has 0 aromatic heterocycles. The normalized spacial score (nSPS) is 18.0. The number of hydrogen-bond acceptors (Lipinski definition) is 3. The van der Waals surface area contributed by atoms with Crippen molar-refractivity contribution in [3.8, 4) is 5.75 Å². The molecule has 1 atom stereocenters. The molecule has 1 fully saturated rings. The van der Waals surface area contributed by atoms with E-state index in [2.05, 4.69) is 5.32 Å². The van der Waals surface area contributed by atoms with Gasteiger partial charge in [-0.05, 0) is 49.8 Å². The highest BCUT2D eigenvalue weighted by Crippen LogP contribution is 2.20. The number of hydrogen-bond donors (Lipinski definition) is 1. The van der Waals surface area contributed by atoms with E-state index in [0.29, 0.717) is 12.5 Å². The third-order valence-electron chi connectivity index (χ3n) is 3.81. The molecule has 0 saturated carbocycles. The molecule has 1 amide bonds. The largest absolute Gasteiger partial charge is 0.483 e. The molecule has 1 aromatic carbocycles. The maximum absolute atomic E-state index is 11.7. The van der Waals surface area contributed by atoms with Crippen molar-refractivity contribution in [2.24, 2.45) is 5.92 Å². The Bertz CT molecular complexity index is 453. The van der Waals surface area contributed by atoms with E-state index >= 15 is 0 Å². The predicted octanol–water partition coefficient (Wildman–Crippen LogP) is 2.23. The van der Waals surface area contributed by atoms with E-state index < -0.39 is 0 Å². The standard InChI is InChI=1S/C16H23NO3/c1-12-4-3-5-15(13(12)2)20-11-16(18)17-8-6-14-7-9-19-10-14/h3-5,14H,6-11H2,1-2H3,(H,17,18)/t14-/m0/s1. The first kappa shape index (κ1) is 14.9. The summed E-state index contributed by atoms with van der Waals surface area (Å²) < 4.78 is 10.9. The topological polar surface area (TPSA) is 47.6 Å². The molecule has 1 N–H and O–H groups in total. The van der Waals surface area contributed by atoms with Gasteiger partial charge in [0.2, 0.25) is 0 Å². The minimum Gasteiger partial charge on any atom is -0.483 e. The Morgan fingerprint density at radius 3 is 3.05 bits per heavy atom. The van der Waals surface area contributed by atoms with E-state index in [1.807, 2.05) is 32.0 Å². The van der Waals surface area contributed by atoms with E-state index in [1.165, 1.54) is 5.56 Å². The van der Waals surface area contributed by atoms with Crippen LogP contribution in [0.15, 0.2) is 18.2 Å². The lowest BCUT2D eigenvalue weighted by molar-refractivity contribution is -0.123. The van der Waals surface area contributed by atoms with E-state index in [1.54, 1.807) is 0 Å². The van der Waals surface area contributed by atoms with Gasteiger partial charge in [-0.2, -0.15) is 0 Å². The summed E-state index contributed by atoms with van der Waals surface area (Å²) >= 11 is 0. The third-order valence-corrected chi connectivity index (χ3v) is 3.81. The second-order valence-corrected chi connectivity index (χ2v) is 5.35. The Hall–Kier alpha value is -1.55. The smallest absolute Gasteiger partial charge is 0.257 e. The van der Waals surface area contributed by atoms with Gasteiger partial charge in [0.05, 0.1) is 0 Å². The van der Waals surface area contributed by atoms with Gasteiger partial charge in [-0.3, -0.25) is 4.79 Å². The monoisotopic (exact) mass is 277 g/mol. The number of aryl methyl sites for hydroxylation is 1. The van der Waals surface area contributed by atoms with Crippen molar-refractivity contribution in [1.29, 1.82) is 0 Å². The molecule has 1 heterocycles. The van der Waals surface area contributed by atoms with Crippen LogP contribution >= 0.6 is 0 Å². The predicted molar refractivity (Wildman–Crippen MR) is 78.0 cm³/mol. The maximum Gasteiger partial charge on any atom is 0.257 e. The minimum absolute atomic E-state index is 0.0650. The molecular weight excluding hydrogens is 254 g/mol. The van der Waals surface area contributed by atoms with Crippen LogP contribution in [0.2, 0.25) is 0 Å². The van der Waals surface area contributed by atoms with Crippen molar-refractivity contribution in [2.75, 3.05) is 26.4 Å². The van der Waals surface area contributed by atoms with Gasteiger partial charge in [-0.25, -0.2) is 0 Å². The Labute approximate surface area is 120 Å². The summed E-state index contributed by atoms with van der Waals surface area (Å²) in [7, 11) is 0. The Balaban J connectivity index is 1.68. The lowest BCUT2D eigenvalue weighted by Crippen LogP contribution is -2.30. The van der Waals surface area contributed by atoms with E-state index in [0.717, 1.165) is 37.4 Å². The molecule has 4 nitrogen and oxygen atoms in total. The van der Waals surface area contributed by atoms with Crippen LogP contribution in [0.5, 0.6) is 5.75 Å². The molecule has 20 heavy (non-hydrogen) atoms. The quantitative estimate of drug-likeness (QED) is 0.867. The second kappa shape index (κ2) is 7.29. The zero-order valence-electron chi connectivity index (χ0n) is 12.3. The summed E-state index contributed by atoms with van der Waals surface area (Å²) in [5, 5.41) is 2.89. The number of carbonyl (C=O) groups excluding carboxylic acids is 1. The fourth-order valence-corrected chi connectivity index (χ4v) is 2.30. The average Bonchev–Trinajstić information content (AvgIpc) is 2.94. The van der Waals surface area contributed by atoms with Crippen molar-refractivity contribution >= 4 is 5.91 Å². The molecular formula is C16H23NO3. The molecule has 0 unspecified atom stereocenters. The van der Waals surface area contributed by atoms with Crippen LogP contribution in [0.3, 0.4) is 0 Å². The first-order chi connectivity index (χ1) is 9.66. The molecule has 110 valence electrons. The molecule has 1 aromatic rings. The van der Waals surface area contributed by atoms with Crippen LogP contribution < -0.4 is 10.1 Å². The van der Waals surface area contributed by atoms with Crippen molar-refractivity contribution in [1.82, 2.24) is 5.32 Å². The summed E-state index contributed by atoms with van der Waals surface area (Å²) in [6.45, 7) is 6.49. The lowest BCUT2D eigenvalue weighted by atomic mass is 10.1. The van der Waals surface area contributed by atoms with Crippen LogP contribution in [-0.2, 0) is 9.53 Å². The van der Waals surface area contributed by atoms with Crippen molar-refractivity contribution in [3.63, 3.8) is 0 Å². The van der Waals surface area contributed by atoms with Crippen molar-refractivity contribution in [2.45, 2.75) is 26.7 Å². The first-order valence-electron chi connectivity index (χ1n) is 7.20. The van der Waals surface area contributed by atoms with Crippen molar-refractivity contribution < 1.29 is 14.3 Å². The molecule has 0 bridgehead atoms. The van der Waals surface area contributed by atoms with Crippen LogP contribution in [0.25, 0.3) is 0 Å². The molecule has 0 radical (unpaired) electrons. The number of nitrogens with one attached hydrogen (secondary N) is 1. The van der Waals surface area contributed by atoms with E-state index in [4.69, 9.17) is 9.47 Å². The molecule has 4 heteroatoms. The Morgan fingerprint density at radius 2 is 2.30 bits per heavy atom. The van der Waals surface area contributed by atoms with E-state index in [9.17, 15) is 4.79 Å². The highest BCUT2D eigenvalue weighted by atomic mass is 16.5. The maximum atomic E-state index is 11.7. The Morgan fingerprint density at radius 1 is 1.45 bits per heavy atom. The van der Waals surface area contributed by atoms with Gasteiger partial charge in [0, 0.05) is 19.8 Å². The zero-order valence-corrected chi connectivity index (χ0v) is 12.3. The van der Waals surface area contributed by atoms with Gasteiger partial charge in [-0.1, -0.05) is 12.1 Å². The Kier molecular flexibility index (Phi) is 5.41. The summed E-state index contributed by atoms with van der Waals surface area (Å²) in [4.78, 5) is 11.7. The average molecular weight is 277 g/mol. The highest BCUT2D eigenvalue weighted by Gasteiger charge is 2.15. The first-order valence-corrected chi connectivity index (χ1v) is 7.20. The number of carbonyl (C=O) groups is 1. The minimum atomic E-state index is -0.0650. The van der Waals surface area contributed by atoms with Gasteiger partial charge in [-0.15, -0.1) is 0 Å². The van der Waals surface area contributed by atoms with E-state index in [-0.39, 0.29) is 12.5 Å². The summed E-state index contributed by atoms with van der Waals surface area (Å²) in [6, 6.07) is 5.87. The van der Waals surface area contributed by atoms with Crippen LogP contribution in [0, 0.1) is 19.8 Å². The fraction of sp³-hybridized carbons (Fsp3) is 0.562. The van der Waals surface area contributed by atoms with Gasteiger partial charge in [0.1, 0.15) is 5.75 Å². The van der Waals surface area contributed by atoms with Gasteiger partial charge >= 0.3 is 0 Å². The third kappa shape index (κ3) is 4.23. The number of benzene rings is 1. The van der Waals surface area contributed by atoms with Crippen LogP contribution in [0.4, 0.5) is 0 Å². The SMILES string of the molecule is Cc1cccc(OCC(=O)NCC[C@H]2CCOC2)c1C. The molecule has 2 rings (SSSR count). The fourth-order valence-electron chi connectivity index (χ4n) is 2.30. The molecule has 1 aliphatic heterocycles. The summed E-state index contributed by atoms with van der Waals surface area (Å²) in [6.07, 6.45) is 2.09. The molecule has 1 saturated heterocycles. The lowest BCUT2D eigenvalue weighted by Gasteiger charge is -2.12. The van der Waals surface area contributed by atoms with Crippen LogP contribution in [0.1, 0.15) is 24.0 Å². The summed E-state index contributed by atoms with van der Waals surface area (Å²) in [5.41, 5.74) is 2.26. The number of amides is 1. The molecule has 0 spiro atoms. The van der Waals surface area contributed by atoms with Gasteiger partial charge < -0.3 is 14.8 Å². The molecule has 0 aliphatic carbocycles. The summed E-state index contributed by atoms with van der Waals surface area (Å²) in [5.74, 6) is 1.31. The number of ether oxygens (including phenoxy) is 2. The highest BCUT2D eigenvalue weighted by molar-refractivity contribution is 5.77. The second-order valence-electron chi connectivity index (χ2n) is 5.35. The van der Waals surface area contributed by atoms with Crippen molar-refractivity contribution in [3.05, 3.63) is 29.3 Å². The van der Waals surface area contributed by atoms with Gasteiger partial charge in [0.25, 0.3) is 5.91 Å². The van der Waals surface area contributed by atoms with Crippen LogP contribution in [-0.4, -0.2) is 32.3 Å². The number of rotatable bonds is 6.